The number of aryl methyl sites for hydroxylation is 1. The first kappa shape index (κ1) is 22.5. The second-order valence-electron chi connectivity index (χ2n) is 7.34. The molecule has 1 heterocycles. The monoisotopic (exact) mass is 427 g/mol. The summed E-state index contributed by atoms with van der Waals surface area (Å²) < 4.78 is 25.4. The van der Waals surface area contributed by atoms with Crippen molar-refractivity contribution in [2.24, 2.45) is 0 Å². The molecule has 0 spiro atoms. The van der Waals surface area contributed by atoms with Crippen LogP contribution in [0.25, 0.3) is 5.76 Å². The topological polar surface area (TPSA) is 76.1 Å². The lowest BCUT2D eigenvalue weighted by Gasteiger charge is -2.25. The molecule has 0 radical (unpaired) electrons. The SMILES string of the molecule is CCCOc1ccc(/C(O)=C2\C(=O)C(=O)N(CCOC)C2c2ccccc2F)cc1C. The number of benzene rings is 2. The van der Waals surface area contributed by atoms with E-state index in [4.69, 9.17) is 9.47 Å². The Morgan fingerprint density at radius 2 is 1.90 bits per heavy atom. The van der Waals surface area contributed by atoms with Gasteiger partial charge in [0, 0.05) is 24.8 Å². The Hall–Kier alpha value is -3.19. The van der Waals surface area contributed by atoms with E-state index >= 15 is 0 Å². The number of carbonyl (C=O) groups excluding carboxylic acids is 2. The number of ether oxygens (including phenoxy) is 2. The summed E-state index contributed by atoms with van der Waals surface area (Å²) in [5.41, 5.74) is 1.12. The van der Waals surface area contributed by atoms with Crippen LogP contribution in [0.4, 0.5) is 4.39 Å². The van der Waals surface area contributed by atoms with Gasteiger partial charge in [0.25, 0.3) is 11.7 Å². The highest BCUT2D eigenvalue weighted by Crippen LogP contribution is 2.40. The minimum atomic E-state index is -1.05. The number of Topliss-reactive ketones (excluding diaryl/α,β-unsaturated/α-hetero) is 1. The minimum absolute atomic E-state index is 0.0830. The van der Waals surface area contributed by atoms with Crippen molar-refractivity contribution in [2.75, 3.05) is 26.9 Å². The number of hydrogen-bond acceptors (Lipinski definition) is 5. The predicted octanol–water partition coefficient (Wildman–Crippen LogP) is 3.99. The van der Waals surface area contributed by atoms with E-state index in [-0.39, 0.29) is 30.0 Å². The number of hydrogen-bond donors (Lipinski definition) is 1. The number of rotatable bonds is 8. The highest BCUT2D eigenvalue weighted by molar-refractivity contribution is 6.46. The third-order valence-corrected chi connectivity index (χ3v) is 5.19. The van der Waals surface area contributed by atoms with E-state index in [2.05, 4.69) is 0 Å². The molecular formula is C24H26FNO5. The smallest absolute Gasteiger partial charge is 0.295 e. The molecule has 2 aromatic rings. The molecule has 2 aromatic carbocycles. The summed E-state index contributed by atoms with van der Waals surface area (Å²) in [6.45, 7) is 4.64. The lowest BCUT2D eigenvalue weighted by molar-refractivity contribution is -0.140. The number of aliphatic hydroxyl groups is 1. The zero-order valence-electron chi connectivity index (χ0n) is 17.9. The first-order valence-corrected chi connectivity index (χ1v) is 10.2. The Morgan fingerprint density at radius 1 is 1.16 bits per heavy atom. The quantitative estimate of drug-likeness (QED) is 0.392. The summed E-state index contributed by atoms with van der Waals surface area (Å²) in [6.07, 6.45) is 0.856. The summed E-state index contributed by atoms with van der Waals surface area (Å²) in [6, 6.07) is 9.88. The molecule has 31 heavy (non-hydrogen) atoms. The fraction of sp³-hybridized carbons (Fsp3) is 0.333. The summed E-state index contributed by atoms with van der Waals surface area (Å²) in [5.74, 6) is -1.90. The molecule has 1 aliphatic rings. The molecule has 1 atom stereocenters. The van der Waals surface area contributed by atoms with Gasteiger partial charge in [-0.1, -0.05) is 25.1 Å². The zero-order valence-corrected chi connectivity index (χ0v) is 17.9. The van der Waals surface area contributed by atoms with Crippen molar-refractivity contribution in [2.45, 2.75) is 26.3 Å². The highest BCUT2D eigenvalue weighted by atomic mass is 19.1. The number of carbonyl (C=O) groups is 2. The van der Waals surface area contributed by atoms with Crippen molar-refractivity contribution < 1.29 is 28.6 Å². The van der Waals surface area contributed by atoms with Crippen LogP contribution in [0.3, 0.4) is 0 Å². The lowest BCUT2D eigenvalue weighted by Crippen LogP contribution is -2.33. The largest absolute Gasteiger partial charge is 0.507 e. The average molecular weight is 427 g/mol. The van der Waals surface area contributed by atoms with Crippen LogP contribution in [-0.2, 0) is 14.3 Å². The molecule has 1 aliphatic heterocycles. The summed E-state index contributed by atoms with van der Waals surface area (Å²) >= 11 is 0. The van der Waals surface area contributed by atoms with E-state index in [1.807, 2.05) is 13.8 Å². The van der Waals surface area contributed by atoms with Gasteiger partial charge in [0.1, 0.15) is 17.3 Å². The molecule has 1 amide bonds. The maximum Gasteiger partial charge on any atom is 0.295 e. The number of amides is 1. The van der Waals surface area contributed by atoms with Gasteiger partial charge >= 0.3 is 0 Å². The molecule has 1 saturated heterocycles. The van der Waals surface area contributed by atoms with Crippen molar-refractivity contribution in [1.82, 2.24) is 4.90 Å². The van der Waals surface area contributed by atoms with Gasteiger partial charge in [0.15, 0.2) is 0 Å². The van der Waals surface area contributed by atoms with Crippen molar-refractivity contribution >= 4 is 17.4 Å². The first-order chi connectivity index (χ1) is 14.9. The third-order valence-electron chi connectivity index (χ3n) is 5.19. The second-order valence-corrected chi connectivity index (χ2v) is 7.34. The van der Waals surface area contributed by atoms with Crippen molar-refractivity contribution in [3.8, 4) is 5.75 Å². The molecule has 3 rings (SSSR count). The minimum Gasteiger partial charge on any atom is -0.507 e. The molecule has 164 valence electrons. The van der Waals surface area contributed by atoms with Crippen molar-refractivity contribution in [1.29, 1.82) is 0 Å². The van der Waals surface area contributed by atoms with E-state index in [0.717, 1.165) is 12.0 Å². The molecule has 0 aromatic heterocycles. The number of ketones is 1. The second kappa shape index (κ2) is 9.75. The molecule has 7 heteroatoms. The van der Waals surface area contributed by atoms with Crippen molar-refractivity contribution in [3.05, 3.63) is 70.5 Å². The molecule has 1 unspecified atom stereocenters. The molecule has 0 aliphatic carbocycles. The molecule has 0 bridgehead atoms. The Labute approximate surface area is 180 Å². The highest BCUT2D eigenvalue weighted by Gasteiger charge is 2.46. The lowest BCUT2D eigenvalue weighted by atomic mass is 9.94. The summed E-state index contributed by atoms with van der Waals surface area (Å²) in [7, 11) is 1.47. The number of aliphatic hydroxyl groups excluding tert-OH is 1. The number of halogens is 1. The summed E-state index contributed by atoms with van der Waals surface area (Å²) in [5, 5.41) is 11.1. The van der Waals surface area contributed by atoms with Crippen LogP contribution in [0.1, 0.15) is 36.1 Å². The molecule has 6 nitrogen and oxygen atoms in total. The van der Waals surface area contributed by atoms with Gasteiger partial charge < -0.3 is 19.5 Å². The maximum absolute atomic E-state index is 14.7. The van der Waals surface area contributed by atoms with Crippen LogP contribution in [-0.4, -0.2) is 48.6 Å². The van der Waals surface area contributed by atoms with Crippen LogP contribution in [0.5, 0.6) is 5.75 Å². The predicted molar refractivity (Wildman–Crippen MR) is 114 cm³/mol. The average Bonchev–Trinajstić information content (AvgIpc) is 3.01. The first-order valence-electron chi connectivity index (χ1n) is 10.2. The Morgan fingerprint density at radius 3 is 2.55 bits per heavy atom. The molecule has 1 fully saturated rings. The fourth-order valence-corrected chi connectivity index (χ4v) is 3.65. The van der Waals surface area contributed by atoms with Crippen LogP contribution < -0.4 is 4.74 Å². The van der Waals surface area contributed by atoms with E-state index < -0.39 is 23.5 Å². The molecular weight excluding hydrogens is 401 g/mol. The van der Waals surface area contributed by atoms with Gasteiger partial charge in [-0.05, 0) is 43.2 Å². The van der Waals surface area contributed by atoms with E-state index in [1.165, 1.54) is 30.2 Å². The van der Waals surface area contributed by atoms with Crippen LogP contribution in [0.2, 0.25) is 0 Å². The van der Waals surface area contributed by atoms with Crippen molar-refractivity contribution in [3.63, 3.8) is 0 Å². The van der Waals surface area contributed by atoms with E-state index in [9.17, 15) is 19.1 Å². The van der Waals surface area contributed by atoms with Gasteiger partial charge in [0.05, 0.1) is 24.8 Å². The number of methoxy groups -OCH3 is 1. The van der Waals surface area contributed by atoms with Crippen LogP contribution in [0.15, 0.2) is 48.0 Å². The molecule has 1 N–H and O–H groups in total. The van der Waals surface area contributed by atoms with Gasteiger partial charge in [-0.15, -0.1) is 0 Å². The third kappa shape index (κ3) is 4.46. The van der Waals surface area contributed by atoms with Gasteiger partial charge in [0.2, 0.25) is 0 Å². The van der Waals surface area contributed by atoms with Crippen LogP contribution >= 0.6 is 0 Å². The zero-order chi connectivity index (χ0) is 22.5. The van der Waals surface area contributed by atoms with E-state index in [0.29, 0.717) is 17.9 Å². The van der Waals surface area contributed by atoms with Gasteiger partial charge in [-0.3, -0.25) is 9.59 Å². The summed E-state index contributed by atoms with van der Waals surface area (Å²) in [4.78, 5) is 26.8. The Bertz CT molecular complexity index is 1020. The number of nitrogens with zero attached hydrogens (tertiary/aromatic N) is 1. The number of likely N-dealkylation sites (tertiary alicyclic amines) is 1. The van der Waals surface area contributed by atoms with Gasteiger partial charge in [-0.2, -0.15) is 0 Å². The standard InChI is InChI=1S/C24H26FNO5/c1-4-12-31-19-10-9-16(14-15(19)2)22(27)20-21(17-7-5-6-8-18(17)25)26(11-13-30-3)24(29)23(20)28/h5-10,14,21,27H,4,11-13H2,1-3H3/b22-20+. The maximum atomic E-state index is 14.7. The molecule has 0 saturated carbocycles. The van der Waals surface area contributed by atoms with Gasteiger partial charge in [-0.25, -0.2) is 4.39 Å². The Balaban J connectivity index is 2.12. The van der Waals surface area contributed by atoms with Crippen LogP contribution in [0, 0.1) is 12.7 Å². The Kier molecular flexibility index (Phi) is 7.07. The normalized spacial score (nSPS) is 17.9. The fourth-order valence-electron chi connectivity index (χ4n) is 3.65. The van der Waals surface area contributed by atoms with E-state index in [1.54, 1.807) is 24.3 Å².